The molecule has 0 N–H and O–H groups in total. The van der Waals surface area contributed by atoms with Crippen LogP contribution >= 0.6 is 22.7 Å². The zero-order chi connectivity index (χ0) is 42.1. The van der Waals surface area contributed by atoms with Crippen LogP contribution in [-0.4, -0.2) is 9.13 Å². The highest BCUT2D eigenvalue weighted by Gasteiger charge is 2.28. The highest BCUT2D eigenvalue weighted by molar-refractivity contribution is 7.20. The molecule has 0 spiro atoms. The van der Waals surface area contributed by atoms with Gasteiger partial charge in [0.05, 0.1) is 42.8 Å². The highest BCUT2D eigenvalue weighted by atomic mass is 32.1. The molecular formula is C58H38N4S2. The van der Waals surface area contributed by atoms with Gasteiger partial charge in [-0.25, -0.2) is 0 Å². The van der Waals surface area contributed by atoms with E-state index in [-0.39, 0.29) is 0 Å². The van der Waals surface area contributed by atoms with Gasteiger partial charge in [0, 0.05) is 66.4 Å². The number of benzene rings is 9. The average molecular weight is 855 g/mol. The lowest BCUT2D eigenvalue weighted by Crippen LogP contribution is -2.13. The van der Waals surface area contributed by atoms with E-state index < -0.39 is 0 Å². The Kier molecular flexibility index (Phi) is 8.54. The molecule has 4 aromatic heterocycles. The maximum absolute atomic E-state index is 2.49. The van der Waals surface area contributed by atoms with Gasteiger partial charge in [0.2, 0.25) is 0 Å². The Hall–Kier alpha value is -7.90. The first-order valence-corrected chi connectivity index (χ1v) is 23.3. The van der Waals surface area contributed by atoms with Gasteiger partial charge in [-0.3, -0.25) is 0 Å². The molecule has 64 heavy (non-hydrogen) atoms. The number of thiophene rings is 2. The van der Waals surface area contributed by atoms with Crippen molar-refractivity contribution < 1.29 is 0 Å². The molecule has 0 aliphatic rings. The van der Waals surface area contributed by atoms with E-state index in [1.165, 1.54) is 75.2 Å². The Balaban J connectivity index is 1.06. The fourth-order valence-electron chi connectivity index (χ4n) is 9.93. The molecule has 0 amide bonds. The first-order chi connectivity index (χ1) is 31.8. The summed E-state index contributed by atoms with van der Waals surface area (Å²) in [6.07, 6.45) is 0. The third-order valence-electron chi connectivity index (χ3n) is 12.6. The van der Waals surface area contributed by atoms with Crippen LogP contribution in [0.4, 0.5) is 34.1 Å². The summed E-state index contributed by atoms with van der Waals surface area (Å²) in [4.78, 5) is 4.98. The highest BCUT2D eigenvalue weighted by Crippen LogP contribution is 2.54. The standard InChI is InChI=1S/C58H38N4S2/c1-5-17-39(18-6-1)59(43-29-31-53-49(37-43)45-25-13-15-27-51(45)61(53)41-21-9-3-10-22-41)55-47-33-35-64-58(47)56(48-34-36-63-57(48)55)60(40-19-7-2-8-20-40)44-30-32-54-50(38-44)46-26-14-16-28-52(46)62(54)42-23-11-4-12-24-42/h1-38H. The molecule has 6 heteroatoms. The molecule has 0 saturated heterocycles. The summed E-state index contributed by atoms with van der Waals surface area (Å²) >= 11 is 3.63. The van der Waals surface area contributed by atoms with E-state index in [9.17, 15) is 0 Å². The Morgan fingerprint density at radius 3 is 1.06 bits per heavy atom. The van der Waals surface area contributed by atoms with Crippen molar-refractivity contribution in [3.05, 3.63) is 229 Å². The Labute approximate surface area is 378 Å². The number of hydrogen-bond acceptors (Lipinski definition) is 4. The van der Waals surface area contributed by atoms with Crippen molar-refractivity contribution >= 4 is 121 Å². The van der Waals surface area contributed by atoms with E-state index >= 15 is 0 Å². The third kappa shape index (κ3) is 5.66. The maximum atomic E-state index is 2.49. The molecule has 9 aromatic carbocycles. The quantitative estimate of drug-likeness (QED) is 0.142. The second-order valence-corrected chi connectivity index (χ2v) is 18.0. The lowest BCUT2D eigenvalue weighted by Gasteiger charge is -2.31. The SMILES string of the molecule is c1ccc(N(c2ccc3c(c2)c2ccccc2n3-c2ccccc2)c2c3ccsc3c(N(c3ccccc3)c3ccc4c(c3)c3ccccc3n4-c3ccccc3)c3ccsc23)cc1. The molecule has 4 heterocycles. The predicted molar refractivity (Wildman–Crippen MR) is 275 cm³/mol. The Morgan fingerprint density at radius 2 is 0.641 bits per heavy atom. The van der Waals surface area contributed by atoms with Gasteiger partial charge in [0.1, 0.15) is 0 Å². The van der Waals surface area contributed by atoms with Crippen LogP contribution in [-0.2, 0) is 0 Å². The van der Waals surface area contributed by atoms with E-state index in [1.807, 2.05) is 22.7 Å². The van der Waals surface area contributed by atoms with E-state index in [1.54, 1.807) is 0 Å². The van der Waals surface area contributed by atoms with Crippen molar-refractivity contribution in [2.24, 2.45) is 0 Å². The molecule has 0 aliphatic carbocycles. The second-order valence-electron chi connectivity index (χ2n) is 16.1. The van der Waals surface area contributed by atoms with Gasteiger partial charge in [-0.15, -0.1) is 22.7 Å². The van der Waals surface area contributed by atoms with Crippen LogP contribution in [0.25, 0.3) is 75.2 Å². The minimum atomic E-state index is 1.11. The molecule has 0 saturated carbocycles. The van der Waals surface area contributed by atoms with E-state index in [2.05, 4.69) is 248 Å². The number of aromatic nitrogens is 2. The number of fused-ring (bicyclic) bond motifs is 8. The first kappa shape index (κ1) is 36.7. The Morgan fingerprint density at radius 1 is 0.281 bits per heavy atom. The van der Waals surface area contributed by atoms with Crippen LogP contribution < -0.4 is 9.80 Å². The van der Waals surface area contributed by atoms with Gasteiger partial charge in [-0.05, 0) is 120 Å². The fourth-order valence-corrected chi connectivity index (χ4v) is 11.8. The molecule has 0 fully saturated rings. The molecule has 0 aliphatic heterocycles. The molecule has 4 nitrogen and oxygen atoms in total. The monoisotopic (exact) mass is 854 g/mol. The molecule has 0 radical (unpaired) electrons. The molecule has 0 unspecified atom stereocenters. The fraction of sp³-hybridized carbons (Fsp3) is 0. The number of anilines is 6. The van der Waals surface area contributed by atoms with Crippen LogP contribution in [0.3, 0.4) is 0 Å². The van der Waals surface area contributed by atoms with Gasteiger partial charge in [0.15, 0.2) is 0 Å². The summed E-state index contributed by atoms with van der Waals surface area (Å²) in [5, 5.41) is 11.9. The van der Waals surface area contributed by atoms with Crippen molar-refractivity contribution in [2.75, 3.05) is 9.80 Å². The normalized spacial score (nSPS) is 11.8. The smallest absolute Gasteiger partial charge is 0.0728 e. The molecule has 0 bridgehead atoms. The number of nitrogens with zero attached hydrogens (tertiary/aromatic N) is 4. The minimum Gasteiger partial charge on any atom is -0.309 e. The maximum Gasteiger partial charge on any atom is 0.0728 e. The molecule has 13 rings (SSSR count). The molecule has 13 aromatic rings. The summed E-state index contributed by atoms with van der Waals surface area (Å²) in [5.74, 6) is 0. The number of rotatable bonds is 8. The van der Waals surface area contributed by atoms with Crippen LogP contribution in [0.15, 0.2) is 229 Å². The predicted octanol–water partition coefficient (Wildman–Crippen LogP) is 17.2. The summed E-state index contributed by atoms with van der Waals surface area (Å²) < 4.78 is 7.25. The van der Waals surface area contributed by atoms with E-state index in [4.69, 9.17) is 0 Å². The van der Waals surface area contributed by atoms with Gasteiger partial charge in [-0.2, -0.15) is 0 Å². The van der Waals surface area contributed by atoms with Gasteiger partial charge in [0.25, 0.3) is 0 Å². The third-order valence-corrected chi connectivity index (χ3v) is 14.4. The van der Waals surface area contributed by atoms with Gasteiger partial charge < -0.3 is 18.9 Å². The summed E-state index contributed by atoms with van der Waals surface area (Å²) in [5.41, 5.74) is 13.9. The second kappa shape index (κ2) is 14.9. The molecule has 0 atom stereocenters. The lowest BCUT2D eigenvalue weighted by atomic mass is 10.0. The van der Waals surface area contributed by atoms with Crippen LogP contribution in [0.2, 0.25) is 0 Å². The van der Waals surface area contributed by atoms with E-state index in [0.29, 0.717) is 0 Å². The van der Waals surface area contributed by atoms with Crippen LogP contribution in [0.1, 0.15) is 0 Å². The summed E-state index contributed by atoms with van der Waals surface area (Å²) in [6.45, 7) is 0. The minimum absolute atomic E-state index is 1.11. The van der Waals surface area contributed by atoms with Crippen molar-refractivity contribution in [3.63, 3.8) is 0 Å². The van der Waals surface area contributed by atoms with Crippen molar-refractivity contribution in [2.45, 2.75) is 0 Å². The Bertz CT molecular complexity index is 3550. The molecule has 302 valence electrons. The largest absolute Gasteiger partial charge is 0.309 e. The van der Waals surface area contributed by atoms with Crippen molar-refractivity contribution in [1.82, 2.24) is 9.13 Å². The van der Waals surface area contributed by atoms with E-state index in [0.717, 1.165) is 34.1 Å². The van der Waals surface area contributed by atoms with Crippen LogP contribution in [0, 0.1) is 0 Å². The van der Waals surface area contributed by atoms with Crippen molar-refractivity contribution in [1.29, 1.82) is 0 Å². The van der Waals surface area contributed by atoms with Crippen molar-refractivity contribution in [3.8, 4) is 11.4 Å². The zero-order valence-electron chi connectivity index (χ0n) is 34.5. The first-order valence-electron chi connectivity index (χ1n) is 21.6. The molecular weight excluding hydrogens is 817 g/mol. The van der Waals surface area contributed by atoms with Gasteiger partial charge in [-0.1, -0.05) is 109 Å². The van der Waals surface area contributed by atoms with Crippen LogP contribution in [0.5, 0.6) is 0 Å². The summed E-state index contributed by atoms with van der Waals surface area (Å²) in [7, 11) is 0. The number of para-hydroxylation sites is 6. The topological polar surface area (TPSA) is 16.3 Å². The zero-order valence-corrected chi connectivity index (χ0v) is 36.2. The average Bonchev–Trinajstić information content (AvgIpc) is 4.18. The van der Waals surface area contributed by atoms with Gasteiger partial charge >= 0.3 is 0 Å². The lowest BCUT2D eigenvalue weighted by molar-refractivity contribution is 1.18. The number of hydrogen-bond donors (Lipinski definition) is 0. The summed E-state index contributed by atoms with van der Waals surface area (Å²) in [6, 6.07) is 79.4.